The number of nitrogens with one attached hydrogen (secondary N) is 1. The lowest BCUT2D eigenvalue weighted by Crippen LogP contribution is -2.24. The molecule has 4 heteroatoms. The first-order chi connectivity index (χ1) is 8.50. The predicted octanol–water partition coefficient (Wildman–Crippen LogP) is 4.61. The highest BCUT2D eigenvalue weighted by molar-refractivity contribution is 14.1. The number of carbonyl (C=O) groups is 1. The quantitative estimate of drug-likeness (QED) is 0.525. The van der Waals surface area contributed by atoms with E-state index in [0.29, 0.717) is 5.56 Å². The van der Waals surface area contributed by atoms with Crippen molar-refractivity contribution in [3.8, 4) is 0 Å². The smallest absolute Gasteiger partial charge is 0.252 e. The number of unbranched alkanes of at least 4 members (excludes halogenated alkanes) is 1. The van der Waals surface area contributed by atoms with E-state index in [4.69, 9.17) is 0 Å². The molecule has 0 atom stereocenters. The highest BCUT2D eigenvalue weighted by Gasteiger charge is 2.09. The summed E-state index contributed by atoms with van der Waals surface area (Å²) in [7, 11) is 0. The second-order valence-electron chi connectivity index (χ2n) is 4.77. The van der Waals surface area contributed by atoms with Gasteiger partial charge in [0.25, 0.3) is 5.91 Å². The first-order valence-corrected chi connectivity index (χ1v) is 8.11. The number of amides is 1. The van der Waals surface area contributed by atoms with Crippen molar-refractivity contribution in [3.05, 3.63) is 31.8 Å². The summed E-state index contributed by atoms with van der Waals surface area (Å²) in [5.74, 6) is 0.746. The molecular weight excluding hydrogens is 405 g/mol. The van der Waals surface area contributed by atoms with Crippen molar-refractivity contribution in [1.82, 2.24) is 5.32 Å². The maximum atomic E-state index is 12.0. The molecule has 0 radical (unpaired) electrons. The Kier molecular flexibility index (Phi) is 7.22. The average Bonchev–Trinajstić information content (AvgIpc) is 2.31. The highest BCUT2D eigenvalue weighted by atomic mass is 127. The third-order valence-corrected chi connectivity index (χ3v) is 4.03. The molecule has 1 aromatic carbocycles. The fraction of sp³-hybridized carbons (Fsp3) is 0.500. The highest BCUT2D eigenvalue weighted by Crippen LogP contribution is 2.19. The predicted molar refractivity (Wildman–Crippen MR) is 87.9 cm³/mol. The van der Waals surface area contributed by atoms with Crippen LogP contribution in [0, 0.1) is 9.49 Å². The fourth-order valence-electron chi connectivity index (χ4n) is 1.65. The molecule has 1 amide bonds. The molecule has 0 saturated carbocycles. The fourth-order valence-corrected chi connectivity index (χ4v) is 2.56. The molecule has 18 heavy (non-hydrogen) atoms. The maximum absolute atomic E-state index is 12.0. The van der Waals surface area contributed by atoms with Gasteiger partial charge in [-0.05, 0) is 69.1 Å². The Morgan fingerprint density at radius 2 is 2.11 bits per heavy atom. The van der Waals surface area contributed by atoms with Crippen molar-refractivity contribution in [2.75, 3.05) is 6.54 Å². The summed E-state index contributed by atoms with van der Waals surface area (Å²) in [4.78, 5) is 12.0. The van der Waals surface area contributed by atoms with Crippen LogP contribution in [0.3, 0.4) is 0 Å². The Morgan fingerprint density at radius 3 is 2.78 bits per heavy atom. The molecule has 100 valence electrons. The molecule has 0 aliphatic heterocycles. The molecule has 0 aliphatic rings. The van der Waals surface area contributed by atoms with E-state index in [2.05, 4.69) is 57.7 Å². The van der Waals surface area contributed by atoms with Gasteiger partial charge in [0.15, 0.2) is 0 Å². The Bertz CT molecular complexity index is 407. The van der Waals surface area contributed by atoms with Gasteiger partial charge < -0.3 is 5.32 Å². The Balaban J connectivity index is 2.39. The minimum Gasteiger partial charge on any atom is -0.352 e. The summed E-state index contributed by atoms with van der Waals surface area (Å²) in [6.45, 7) is 5.20. The van der Waals surface area contributed by atoms with Gasteiger partial charge in [0.2, 0.25) is 0 Å². The zero-order valence-corrected chi connectivity index (χ0v) is 14.5. The van der Waals surface area contributed by atoms with E-state index in [1.807, 2.05) is 18.2 Å². The van der Waals surface area contributed by atoms with Crippen molar-refractivity contribution in [2.45, 2.75) is 33.1 Å². The number of hydrogen-bond acceptors (Lipinski definition) is 1. The van der Waals surface area contributed by atoms with Gasteiger partial charge in [-0.1, -0.05) is 26.7 Å². The van der Waals surface area contributed by atoms with Crippen LogP contribution in [0.4, 0.5) is 0 Å². The van der Waals surface area contributed by atoms with Crippen LogP contribution in [0.5, 0.6) is 0 Å². The van der Waals surface area contributed by atoms with Gasteiger partial charge in [0.05, 0.1) is 5.56 Å². The van der Waals surface area contributed by atoms with E-state index in [9.17, 15) is 4.79 Å². The maximum Gasteiger partial charge on any atom is 0.252 e. The molecule has 0 heterocycles. The van der Waals surface area contributed by atoms with Crippen molar-refractivity contribution in [2.24, 2.45) is 5.92 Å². The number of carbonyl (C=O) groups excluding carboxylic acids is 1. The third-order valence-electron chi connectivity index (χ3n) is 2.67. The lowest BCUT2D eigenvalue weighted by Gasteiger charge is -2.08. The topological polar surface area (TPSA) is 29.1 Å². The molecule has 0 saturated heterocycles. The van der Waals surface area contributed by atoms with Crippen LogP contribution < -0.4 is 5.32 Å². The van der Waals surface area contributed by atoms with Crippen molar-refractivity contribution < 1.29 is 4.79 Å². The second kappa shape index (κ2) is 8.15. The van der Waals surface area contributed by atoms with E-state index in [1.54, 1.807) is 0 Å². The van der Waals surface area contributed by atoms with Crippen LogP contribution in [0.15, 0.2) is 22.7 Å². The van der Waals surface area contributed by atoms with Gasteiger partial charge in [-0.15, -0.1) is 0 Å². The molecule has 0 unspecified atom stereocenters. The first kappa shape index (κ1) is 16.0. The average molecular weight is 424 g/mol. The molecule has 2 nitrogen and oxygen atoms in total. The second-order valence-corrected chi connectivity index (χ2v) is 6.87. The van der Waals surface area contributed by atoms with E-state index in [0.717, 1.165) is 26.9 Å². The monoisotopic (exact) mass is 423 g/mol. The Hall–Kier alpha value is -0.100. The molecule has 0 aromatic heterocycles. The summed E-state index contributed by atoms with van der Waals surface area (Å²) >= 11 is 5.62. The molecule has 0 fully saturated rings. The summed E-state index contributed by atoms with van der Waals surface area (Å²) in [5, 5.41) is 2.97. The van der Waals surface area contributed by atoms with Crippen LogP contribution >= 0.6 is 38.5 Å². The first-order valence-electron chi connectivity index (χ1n) is 6.24. The molecule has 1 N–H and O–H groups in total. The SMILES string of the molecule is CC(C)CCCCNC(=O)c1cc(I)ccc1Br. The standard InChI is InChI=1S/C14H19BrINO/c1-10(2)5-3-4-8-17-14(18)12-9-11(16)6-7-13(12)15/h6-7,9-10H,3-5,8H2,1-2H3,(H,17,18). The molecule has 0 aliphatic carbocycles. The summed E-state index contributed by atoms with van der Waals surface area (Å²) < 4.78 is 1.92. The molecular formula is C14H19BrINO. The van der Waals surface area contributed by atoms with E-state index in [1.165, 1.54) is 12.8 Å². The minimum atomic E-state index is 0.00457. The minimum absolute atomic E-state index is 0.00457. The largest absolute Gasteiger partial charge is 0.352 e. The Labute approximate surface area is 131 Å². The van der Waals surface area contributed by atoms with Crippen LogP contribution in [-0.4, -0.2) is 12.5 Å². The van der Waals surface area contributed by atoms with Gasteiger partial charge in [0.1, 0.15) is 0 Å². The molecule has 0 bridgehead atoms. The van der Waals surface area contributed by atoms with Crippen LogP contribution in [0.1, 0.15) is 43.5 Å². The van der Waals surface area contributed by atoms with Gasteiger partial charge >= 0.3 is 0 Å². The number of halogens is 2. The van der Waals surface area contributed by atoms with Crippen molar-refractivity contribution in [3.63, 3.8) is 0 Å². The van der Waals surface area contributed by atoms with Gasteiger partial charge in [-0.25, -0.2) is 0 Å². The normalized spacial score (nSPS) is 10.7. The van der Waals surface area contributed by atoms with E-state index < -0.39 is 0 Å². The molecule has 0 spiro atoms. The van der Waals surface area contributed by atoms with E-state index in [-0.39, 0.29) is 5.91 Å². The zero-order valence-electron chi connectivity index (χ0n) is 10.8. The molecule has 1 rings (SSSR count). The number of hydrogen-bond donors (Lipinski definition) is 1. The lowest BCUT2D eigenvalue weighted by atomic mass is 10.1. The van der Waals surface area contributed by atoms with Crippen LogP contribution in [0.25, 0.3) is 0 Å². The summed E-state index contributed by atoms with van der Waals surface area (Å²) in [6.07, 6.45) is 3.44. The van der Waals surface area contributed by atoms with Crippen LogP contribution in [0.2, 0.25) is 0 Å². The zero-order chi connectivity index (χ0) is 13.5. The van der Waals surface area contributed by atoms with Crippen LogP contribution in [-0.2, 0) is 0 Å². The summed E-state index contributed by atoms with van der Waals surface area (Å²) in [6, 6.07) is 5.79. The number of rotatable bonds is 6. The van der Waals surface area contributed by atoms with Gasteiger partial charge in [0, 0.05) is 14.6 Å². The van der Waals surface area contributed by atoms with Crippen molar-refractivity contribution in [1.29, 1.82) is 0 Å². The summed E-state index contributed by atoms with van der Waals surface area (Å²) in [5.41, 5.74) is 0.714. The molecule has 1 aromatic rings. The van der Waals surface area contributed by atoms with Crippen molar-refractivity contribution >= 4 is 44.4 Å². The third kappa shape index (κ3) is 5.69. The number of benzene rings is 1. The van der Waals surface area contributed by atoms with E-state index >= 15 is 0 Å². The lowest BCUT2D eigenvalue weighted by molar-refractivity contribution is 0.0952. The Morgan fingerprint density at radius 1 is 1.39 bits per heavy atom. The van der Waals surface area contributed by atoms with Gasteiger partial charge in [-0.2, -0.15) is 0 Å². The van der Waals surface area contributed by atoms with Gasteiger partial charge in [-0.3, -0.25) is 4.79 Å².